The van der Waals surface area contributed by atoms with E-state index in [1.54, 1.807) is 29.2 Å². The Morgan fingerprint density at radius 3 is 2.38 bits per heavy atom. The van der Waals surface area contributed by atoms with Crippen LogP contribution in [0.4, 0.5) is 4.79 Å². The van der Waals surface area contributed by atoms with Crippen LogP contribution in [0.2, 0.25) is 0 Å². The summed E-state index contributed by atoms with van der Waals surface area (Å²) >= 11 is 0. The number of aromatic amines is 2. The highest BCUT2D eigenvalue weighted by Gasteiger charge is 2.33. The molecule has 0 aliphatic carbocycles. The number of rotatable bonds is 10. The van der Waals surface area contributed by atoms with Gasteiger partial charge in [-0.3, -0.25) is 19.3 Å². The number of H-pyrrole nitrogens is 2. The molecule has 2 aromatic carbocycles. The van der Waals surface area contributed by atoms with Crippen LogP contribution in [0.25, 0.3) is 21.9 Å². The van der Waals surface area contributed by atoms with Crippen molar-refractivity contribution in [3.8, 4) is 0 Å². The molecule has 0 saturated carbocycles. The van der Waals surface area contributed by atoms with Crippen molar-refractivity contribution >= 4 is 33.9 Å². The lowest BCUT2D eigenvalue weighted by Gasteiger charge is -2.40. The molecule has 4 aromatic rings. The van der Waals surface area contributed by atoms with Crippen molar-refractivity contribution in [1.82, 2.24) is 45.0 Å². The number of aromatic nitrogens is 5. The number of para-hydroxylation sites is 1. The first-order chi connectivity index (χ1) is 23.3. The minimum atomic E-state index is -0.760. The number of urea groups is 1. The minimum Gasteiger partial charge on any atom is -0.341 e. The zero-order chi connectivity index (χ0) is 33.8. The number of nitrogens with zero attached hydrogens (tertiary/aromatic N) is 6. The molecule has 0 unspecified atom stereocenters. The third-order valence-corrected chi connectivity index (χ3v) is 10.00. The quantitative estimate of drug-likeness (QED) is 0.237. The molecule has 48 heavy (non-hydrogen) atoms. The summed E-state index contributed by atoms with van der Waals surface area (Å²) in [5.74, 6) is -0.0821. The number of carbonyl (C=O) groups is 2. The molecule has 2 fully saturated rings. The first kappa shape index (κ1) is 33.4. The second kappa shape index (κ2) is 14.7. The number of nitrogens with one attached hydrogen (secondary N) is 3. The number of aryl methyl sites for hydroxylation is 1. The molecular weight excluding hydrogens is 610 g/mol. The van der Waals surface area contributed by atoms with Crippen LogP contribution in [-0.4, -0.2) is 103 Å². The van der Waals surface area contributed by atoms with Gasteiger partial charge in [0.25, 0.3) is 5.56 Å². The van der Waals surface area contributed by atoms with Gasteiger partial charge in [0.1, 0.15) is 11.6 Å². The Labute approximate surface area is 279 Å². The number of piperidine rings is 2. The van der Waals surface area contributed by atoms with Crippen LogP contribution in [0, 0.1) is 6.92 Å². The molecule has 2 aromatic heterocycles. The molecule has 256 valence electrons. The Kier molecular flexibility index (Phi) is 10.2. The van der Waals surface area contributed by atoms with Gasteiger partial charge in [0.15, 0.2) is 0 Å². The molecule has 1 atom stereocenters. The average Bonchev–Trinajstić information content (AvgIpc) is 3.57. The summed E-state index contributed by atoms with van der Waals surface area (Å²) < 4.78 is 1.29. The van der Waals surface area contributed by atoms with E-state index in [1.807, 2.05) is 24.0 Å². The summed E-state index contributed by atoms with van der Waals surface area (Å²) in [5.41, 5.74) is 3.19. The summed E-state index contributed by atoms with van der Waals surface area (Å²) in [4.78, 5) is 62.9. The second-order valence-electron chi connectivity index (χ2n) is 13.3. The molecule has 2 aliphatic heterocycles. The van der Waals surface area contributed by atoms with E-state index in [-0.39, 0.29) is 23.5 Å². The Bertz CT molecular complexity index is 1860. The zero-order valence-electron chi connectivity index (χ0n) is 28.2. The lowest BCUT2D eigenvalue weighted by Crippen LogP contribution is -2.56. The Balaban J connectivity index is 1.16. The molecule has 13 heteroatoms. The molecule has 6 rings (SSSR count). The van der Waals surface area contributed by atoms with Crippen molar-refractivity contribution in [3.05, 3.63) is 68.4 Å². The van der Waals surface area contributed by atoms with Crippen LogP contribution in [0.5, 0.6) is 0 Å². The Morgan fingerprint density at radius 1 is 0.979 bits per heavy atom. The number of amides is 3. The SMILES string of the molecule is CCCN(CCC)C1CCN(C(=O)[C@@H](Cc2cc(C)c3[nH]nnc3c2)NC(=O)N2CCC(n3c(=O)[nH]c4ccccc4c3=O)CC2)CC1. The highest BCUT2D eigenvalue weighted by atomic mass is 16.2. The molecule has 3 amide bonds. The van der Waals surface area contributed by atoms with Crippen molar-refractivity contribution in [2.24, 2.45) is 0 Å². The van der Waals surface area contributed by atoms with E-state index in [2.05, 4.69) is 44.5 Å². The minimum absolute atomic E-state index is 0.0821. The Hall–Kier alpha value is -4.52. The third-order valence-electron chi connectivity index (χ3n) is 10.00. The van der Waals surface area contributed by atoms with Gasteiger partial charge in [-0.25, -0.2) is 9.59 Å². The van der Waals surface area contributed by atoms with Crippen LogP contribution in [-0.2, 0) is 11.2 Å². The van der Waals surface area contributed by atoms with E-state index in [0.717, 1.165) is 60.9 Å². The fourth-order valence-corrected chi connectivity index (χ4v) is 7.55. The fraction of sp³-hybridized carbons (Fsp3) is 0.543. The van der Waals surface area contributed by atoms with Crippen LogP contribution in [0.1, 0.15) is 69.5 Å². The summed E-state index contributed by atoms with van der Waals surface area (Å²) in [6.07, 6.45) is 5.27. The molecule has 13 nitrogen and oxygen atoms in total. The van der Waals surface area contributed by atoms with Gasteiger partial charge in [0.05, 0.1) is 16.4 Å². The van der Waals surface area contributed by atoms with Gasteiger partial charge in [-0.15, -0.1) is 5.10 Å². The van der Waals surface area contributed by atoms with Crippen LogP contribution < -0.4 is 16.6 Å². The molecule has 2 saturated heterocycles. The normalized spacial score (nSPS) is 17.0. The van der Waals surface area contributed by atoms with Gasteiger partial charge in [-0.1, -0.05) is 37.3 Å². The first-order valence-corrected chi connectivity index (χ1v) is 17.4. The maximum atomic E-state index is 14.1. The number of benzene rings is 2. The van der Waals surface area contributed by atoms with Gasteiger partial charge in [-0.2, -0.15) is 0 Å². The highest BCUT2D eigenvalue weighted by molar-refractivity contribution is 5.88. The number of hydrogen-bond donors (Lipinski definition) is 3. The first-order valence-electron chi connectivity index (χ1n) is 17.4. The summed E-state index contributed by atoms with van der Waals surface area (Å²) in [5, 5.41) is 14.6. The number of fused-ring (bicyclic) bond motifs is 2. The Morgan fingerprint density at radius 2 is 1.67 bits per heavy atom. The standard InChI is InChI=1S/C35H47N9O4/c1-4-14-41(15-5-2)25-10-16-42(17-11-25)33(46)30(22-24-20-23(3)31-29(21-24)38-40-39-31)37-34(47)43-18-12-26(13-19-43)44-32(45)27-8-6-7-9-28(27)36-35(44)48/h6-9,20-21,25-26,30H,4-5,10-19,22H2,1-3H3,(H,36,48)(H,37,47)(H,38,39,40)/t30-/m1/s1. The van der Waals surface area contributed by atoms with Gasteiger partial charge in [-0.05, 0) is 87.9 Å². The molecule has 0 radical (unpaired) electrons. The summed E-state index contributed by atoms with van der Waals surface area (Å²) in [7, 11) is 0. The van der Waals surface area contributed by atoms with E-state index in [9.17, 15) is 19.2 Å². The molecule has 3 N–H and O–H groups in total. The lowest BCUT2D eigenvalue weighted by molar-refractivity contribution is -0.134. The molecule has 4 heterocycles. The maximum Gasteiger partial charge on any atom is 0.329 e. The van der Waals surface area contributed by atoms with Gasteiger partial charge >= 0.3 is 11.7 Å². The zero-order valence-corrected chi connectivity index (χ0v) is 28.2. The largest absolute Gasteiger partial charge is 0.341 e. The van der Waals surface area contributed by atoms with E-state index < -0.39 is 11.7 Å². The van der Waals surface area contributed by atoms with Gasteiger partial charge in [0, 0.05) is 44.7 Å². The van der Waals surface area contributed by atoms with Gasteiger partial charge < -0.3 is 25.0 Å². The maximum absolute atomic E-state index is 14.1. The fourth-order valence-electron chi connectivity index (χ4n) is 7.55. The third kappa shape index (κ3) is 7.01. The van der Waals surface area contributed by atoms with Crippen molar-refractivity contribution in [2.75, 3.05) is 39.3 Å². The number of hydrogen-bond acceptors (Lipinski definition) is 7. The van der Waals surface area contributed by atoms with Crippen molar-refractivity contribution in [2.45, 2.75) is 83.8 Å². The highest BCUT2D eigenvalue weighted by Crippen LogP contribution is 2.23. The lowest BCUT2D eigenvalue weighted by atomic mass is 9.98. The molecule has 2 aliphatic rings. The summed E-state index contributed by atoms with van der Waals surface area (Å²) in [6.45, 7) is 10.5. The molecule has 0 spiro atoms. The number of carbonyl (C=O) groups excluding carboxylic acids is 2. The van der Waals surface area contributed by atoms with E-state index in [0.29, 0.717) is 62.4 Å². The van der Waals surface area contributed by atoms with Crippen molar-refractivity contribution in [1.29, 1.82) is 0 Å². The van der Waals surface area contributed by atoms with Gasteiger partial charge in [0.2, 0.25) is 5.91 Å². The predicted molar refractivity (Wildman–Crippen MR) is 185 cm³/mol. The average molecular weight is 658 g/mol. The predicted octanol–water partition coefficient (Wildman–Crippen LogP) is 3.34. The van der Waals surface area contributed by atoms with E-state index >= 15 is 0 Å². The smallest absolute Gasteiger partial charge is 0.329 e. The van der Waals surface area contributed by atoms with E-state index in [4.69, 9.17) is 0 Å². The van der Waals surface area contributed by atoms with Crippen molar-refractivity contribution < 1.29 is 9.59 Å². The second-order valence-corrected chi connectivity index (χ2v) is 13.3. The van der Waals surface area contributed by atoms with Crippen molar-refractivity contribution in [3.63, 3.8) is 0 Å². The topological polar surface area (TPSA) is 152 Å². The summed E-state index contributed by atoms with van der Waals surface area (Å²) in [6, 6.07) is 9.96. The molecule has 0 bridgehead atoms. The van der Waals surface area contributed by atoms with Crippen LogP contribution in [0.15, 0.2) is 46.0 Å². The monoisotopic (exact) mass is 657 g/mol. The van der Waals surface area contributed by atoms with Crippen LogP contribution >= 0.6 is 0 Å². The molecular formula is C35H47N9O4. The van der Waals surface area contributed by atoms with Crippen LogP contribution in [0.3, 0.4) is 0 Å². The van der Waals surface area contributed by atoms with E-state index in [1.165, 1.54) is 4.57 Å². The number of likely N-dealkylation sites (tertiary alicyclic amines) is 2.